The van der Waals surface area contributed by atoms with Gasteiger partial charge >= 0.3 is 5.97 Å². The van der Waals surface area contributed by atoms with Gasteiger partial charge in [0.1, 0.15) is 17.4 Å². The number of hydrogen-bond donors (Lipinski definition) is 0. The van der Waals surface area contributed by atoms with Crippen LogP contribution in [0.1, 0.15) is 32.4 Å². The van der Waals surface area contributed by atoms with Crippen LogP contribution in [0.5, 0.6) is 5.75 Å². The number of nitrogens with zero attached hydrogens (tertiary/aromatic N) is 2. The summed E-state index contributed by atoms with van der Waals surface area (Å²) in [6, 6.07) is 6.17. The molecule has 2 unspecified atom stereocenters. The molecule has 0 bridgehead atoms. The Morgan fingerprint density at radius 1 is 1.35 bits per heavy atom. The summed E-state index contributed by atoms with van der Waals surface area (Å²) in [5, 5.41) is 0. The summed E-state index contributed by atoms with van der Waals surface area (Å²) in [6.07, 6.45) is 4.30. The molecule has 2 aromatic rings. The number of esters is 1. The Bertz CT molecular complexity index is 797. The molecule has 120 valence electrons. The lowest BCUT2D eigenvalue weighted by Crippen LogP contribution is -2.54. The second-order valence-electron chi connectivity index (χ2n) is 6.04. The first-order valence-corrected chi connectivity index (χ1v) is 7.37. The van der Waals surface area contributed by atoms with Crippen molar-refractivity contribution in [2.24, 2.45) is 0 Å². The number of carbonyl (C=O) groups excluding carboxylic acids is 1. The summed E-state index contributed by atoms with van der Waals surface area (Å²) in [5.74, 6) is 0.210. The molecule has 2 aromatic heterocycles. The molecule has 0 spiro atoms. The Labute approximate surface area is 133 Å². The third-order valence-corrected chi connectivity index (χ3v) is 3.92. The first-order valence-electron chi connectivity index (χ1n) is 7.37. The number of hydrogen-bond acceptors (Lipinski definition) is 5. The zero-order valence-corrected chi connectivity index (χ0v) is 13.2. The molecule has 0 saturated carbocycles. The van der Waals surface area contributed by atoms with Gasteiger partial charge in [0, 0.05) is 37.1 Å². The number of carbonyl (C=O) groups is 1. The van der Waals surface area contributed by atoms with E-state index in [-0.39, 0.29) is 5.56 Å². The molecule has 0 fully saturated rings. The third-order valence-electron chi connectivity index (χ3n) is 3.92. The van der Waals surface area contributed by atoms with Crippen molar-refractivity contribution in [1.82, 2.24) is 9.55 Å². The minimum absolute atomic E-state index is 0.179. The molecule has 1 aliphatic rings. The van der Waals surface area contributed by atoms with Gasteiger partial charge in [0.15, 0.2) is 6.10 Å². The highest BCUT2D eigenvalue weighted by Gasteiger charge is 2.47. The number of rotatable bonds is 2. The van der Waals surface area contributed by atoms with Gasteiger partial charge in [-0.2, -0.15) is 0 Å². The molecule has 6 nitrogen and oxygen atoms in total. The van der Waals surface area contributed by atoms with Crippen molar-refractivity contribution in [2.75, 3.05) is 0 Å². The summed E-state index contributed by atoms with van der Waals surface area (Å²) in [5.41, 5.74) is -0.256. The van der Waals surface area contributed by atoms with Crippen molar-refractivity contribution in [3.63, 3.8) is 0 Å². The Balaban J connectivity index is 2.23. The minimum atomic E-state index is -0.792. The number of ether oxygens (including phenoxy) is 2. The summed E-state index contributed by atoms with van der Waals surface area (Å²) in [4.78, 5) is 28.1. The van der Waals surface area contributed by atoms with Gasteiger partial charge in [0.2, 0.25) is 0 Å². The fourth-order valence-electron chi connectivity index (χ4n) is 2.94. The van der Waals surface area contributed by atoms with E-state index in [1.807, 2.05) is 13.8 Å². The lowest BCUT2D eigenvalue weighted by Gasteiger charge is -2.44. The van der Waals surface area contributed by atoms with E-state index in [0.717, 1.165) is 0 Å². The van der Waals surface area contributed by atoms with E-state index in [1.54, 1.807) is 41.4 Å². The molecule has 0 N–H and O–H groups in total. The third kappa shape index (κ3) is 2.72. The molecule has 0 aromatic carbocycles. The van der Waals surface area contributed by atoms with E-state index in [1.165, 1.54) is 13.0 Å². The minimum Gasteiger partial charge on any atom is -0.483 e. The highest BCUT2D eigenvalue weighted by atomic mass is 16.6. The molecule has 0 aliphatic carbocycles. The van der Waals surface area contributed by atoms with Crippen molar-refractivity contribution in [1.29, 1.82) is 0 Å². The number of fused-ring (bicyclic) bond motifs is 1. The summed E-state index contributed by atoms with van der Waals surface area (Å²) in [6.45, 7) is 5.02. The van der Waals surface area contributed by atoms with E-state index < -0.39 is 23.7 Å². The highest BCUT2D eigenvalue weighted by molar-refractivity contribution is 5.66. The molecular formula is C17H18N2O4. The maximum absolute atomic E-state index is 12.3. The fourth-order valence-corrected chi connectivity index (χ4v) is 2.94. The van der Waals surface area contributed by atoms with Gasteiger partial charge in [-0.05, 0) is 26.0 Å². The first kappa shape index (κ1) is 15.3. The predicted octanol–water partition coefficient (Wildman–Crippen LogP) is 1.94. The van der Waals surface area contributed by atoms with E-state index >= 15 is 0 Å². The van der Waals surface area contributed by atoms with Crippen molar-refractivity contribution < 1.29 is 14.3 Å². The lowest BCUT2D eigenvalue weighted by atomic mass is 9.86. The van der Waals surface area contributed by atoms with Crippen LogP contribution in [0, 0.1) is 0 Å². The standard InChI is InChI=1S/C17H18N2O4/c1-11(20)22-16-15(19-9-5-4-6-14(19)21)12-10-18-8-7-13(12)23-17(16,2)3/h4-10,15-16H,1-3H3. The Kier molecular flexibility index (Phi) is 3.67. The molecule has 1 aliphatic heterocycles. The second-order valence-corrected chi connectivity index (χ2v) is 6.04. The van der Waals surface area contributed by atoms with E-state index in [0.29, 0.717) is 11.3 Å². The topological polar surface area (TPSA) is 70.4 Å². The normalized spacial score (nSPS) is 21.9. The predicted molar refractivity (Wildman–Crippen MR) is 83.3 cm³/mol. The summed E-state index contributed by atoms with van der Waals surface area (Å²) < 4.78 is 13.1. The Morgan fingerprint density at radius 2 is 2.13 bits per heavy atom. The molecule has 6 heteroatoms. The smallest absolute Gasteiger partial charge is 0.303 e. The quantitative estimate of drug-likeness (QED) is 0.792. The molecule has 2 atom stereocenters. The van der Waals surface area contributed by atoms with Crippen LogP contribution in [0.2, 0.25) is 0 Å². The zero-order chi connectivity index (χ0) is 16.6. The van der Waals surface area contributed by atoms with Crippen LogP contribution < -0.4 is 10.3 Å². The monoisotopic (exact) mass is 314 g/mol. The van der Waals surface area contributed by atoms with Crippen LogP contribution in [-0.2, 0) is 9.53 Å². The van der Waals surface area contributed by atoms with Gasteiger partial charge in [-0.25, -0.2) is 0 Å². The lowest BCUT2D eigenvalue weighted by molar-refractivity contribution is -0.163. The van der Waals surface area contributed by atoms with Crippen LogP contribution in [0.4, 0.5) is 0 Å². The molecule has 3 rings (SSSR count). The van der Waals surface area contributed by atoms with Gasteiger partial charge in [0.05, 0.1) is 0 Å². The number of pyridine rings is 2. The average Bonchev–Trinajstić information content (AvgIpc) is 2.48. The maximum atomic E-state index is 12.3. The Hall–Kier alpha value is -2.63. The van der Waals surface area contributed by atoms with Crippen LogP contribution in [0.15, 0.2) is 47.7 Å². The number of aromatic nitrogens is 2. The molecule has 3 heterocycles. The van der Waals surface area contributed by atoms with Crippen LogP contribution in [0.25, 0.3) is 0 Å². The van der Waals surface area contributed by atoms with Crippen LogP contribution in [0.3, 0.4) is 0 Å². The second kappa shape index (κ2) is 5.53. The SMILES string of the molecule is CC(=O)OC1C(n2ccccc2=O)c2cnccc2OC1(C)C. The largest absolute Gasteiger partial charge is 0.483 e. The highest BCUT2D eigenvalue weighted by Crippen LogP contribution is 2.42. The van der Waals surface area contributed by atoms with Gasteiger partial charge in [-0.3, -0.25) is 14.6 Å². The van der Waals surface area contributed by atoms with Crippen molar-refractivity contribution in [3.8, 4) is 5.75 Å². The van der Waals surface area contributed by atoms with Crippen molar-refractivity contribution in [3.05, 3.63) is 58.8 Å². The molecule has 0 amide bonds. The van der Waals surface area contributed by atoms with Gasteiger partial charge in [-0.1, -0.05) is 6.07 Å². The van der Waals surface area contributed by atoms with E-state index in [4.69, 9.17) is 9.47 Å². The summed E-state index contributed by atoms with van der Waals surface area (Å²) >= 11 is 0. The fraction of sp³-hybridized carbons (Fsp3) is 0.353. The van der Waals surface area contributed by atoms with Crippen molar-refractivity contribution >= 4 is 5.97 Å². The van der Waals surface area contributed by atoms with Crippen molar-refractivity contribution in [2.45, 2.75) is 38.5 Å². The zero-order valence-electron chi connectivity index (χ0n) is 13.2. The van der Waals surface area contributed by atoms with E-state index in [9.17, 15) is 9.59 Å². The molecule has 23 heavy (non-hydrogen) atoms. The van der Waals surface area contributed by atoms with Gasteiger partial charge in [0.25, 0.3) is 5.56 Å². The molecule has 0 saturated heterocycles. The molecule has 0 radical (unpaired) electrons. The average molecular weight is 314 g/mol. The van der Waals surface area contributed by atoms with E-state index in [2.05, 4.69) is 4.98 Å². The first-order chi connectivity index (χ1) is 10.9. The van der Waals surface area contributed by atoms with Crippen LogP contribution >= 0.6 is 0 Å². The Morgan fingerprint density at radius 3 is 2.83 bits per heavy atom. The van der Waals surface area contributed by atoms with Gasteiger partial charge < -0.3 is 14.0 Å². The maximum Gasteiger partial charge on any atom is 0.303 e. The molecular weight excluding hydrogens is 296 g/mol. The van der Waals surface area contributed by atoms with Gasteiger partial charge in [-0.15, -0.1) is 0 Å². The summed E-state index contributed by atoms with van der Waals surface area (Å²) in [7, 11) is 0. The van der Waals surface area contributed by atoms with Crippen LogP contribution in [-0.4, -0.2) is 27.2 Å².